The van der Waals surface area contributed by atoms with Crippen LogP contribution in [-0.4, -0.2) is 61.4 Å². The number of rotatable bonds is 7. The number of nitrogens with zero attached hydrogens (tertiary/aromatic N) is 2. The molecule has 0 unspecified atom stereocenters. The van der Waals surface area contributed by atoms with Gasteiger partial charge in [0, 0.05) is 43.7 Å². The maximum atomic E-state index is 13.6. The number of alkyl halides is 6. The molecule has 39 heavy (non-hydrogen) atoms. The van der Waals surface area contributed by atoms with E-state index in [0.717, 1.165) is 5.56 Å². The minimum Gasteiger partial charge on any atom is -0.462 e. The summed E-state index contributed by atoms with van der Waals surface area (Å²) in [5.41, 5.74) is -3.15. The molecule has 2 aromatic rings. The predicted molar refractivity (Wildman–Crippen MR) is 128 cm³/mol. The molecule has 1 saturated heterocycles. The molecule has 1 saturated carbocycles. The molecule has 0 bridgehead atoms. The second kappa shape index (κ2) is 11.0. The molecule has 2 aliphatic rings. The molecule has 12 heteroatoms. The summed E-state index contributed by atoms with van der Waals surface area (Å²) in [7, 11) is 1.46. The molecule has 2 aromatic carbocycles. The molecule has 1 spiro atoms. The summed E-state index contributed by atoms with van der Waals surface area (Å²) in [6, 6.07) is 10.1. The summed E-state index contributed by atoms with van der Waals surface area (Å²) < 4.78 is 90.4. The van der Waals surface area contributed by atoms with Gasteiger partial charge in [0.25, 0.3) is 5.91 Å². The number of carbonyl (C=O) groups is 2. The van der Waals surface area contributed by atoms with E-state index in [9.17, 15) is 35.9 Å². The van der Waals surface area contributed by atoms with E-state index in [4.69, 9.17) is 9.47 Å². The van der Waals surface area contributed by atoms with Gasteiger partial charge < -0.3 is 14.4 Å². The number of likely N-dealkylation sites (tertiary alicyclic amines) is 1. The Morgan fingerprint density at radius 3 is 2.23 bits per heavy atom. The average Bonchev–Trinajstić information content (AvgIpc) is 3.60. The third-order valence-electron chi connectivity index (χ3n) is 6.98. The summed E-state index contributed by atoms with van der Waals surface area (Å²) in [6.45, 7) is 0.0746. The van der Waals surface area contributed by atoms with Crippen molar-refractivity contribution < 1.29 is 45.4 Å². The molecule has 1 amide bonds. The van der Waals surface area contributed by atoms with Gasteiger partial charge in [-0.25, -0.2) is 0 Å². The van der Waals surface area contributed by atoms with Crippen LogP contribution in [0.3, 0.4) is 0 Å². The molecule has 1 aliphatic carbocycles. The Bertz CT molecular complexity index is 1210. The van der Waals surface area contributed by atoms with Gasteiger partial charge in [-0.3, -0.25) is 14.6 Å². The minimum atomic E-state index is -5.07. The number of hydrogen-bond acceptors (Lipinski definition) is 5. The zero-order valence-electron chi connectivity index (χ0n) is 20.9. The fourth-order valence-electron chi connectivity index (χ4n) is 5.04. The van der Waals surface area contributed by atoms with Crippen LogP contribution in [0.1, 0.15) is 52.2 Å². The van der Waals surface area contributed by atoms with E-state index in [-0.39, 0.29) is 51.1 Å². The Hall–Kier alpha value is -3.41. The van der Waals surface area contributed by atoms with Gasteiger partial charge in [-0.2, -0.15) is 26.3 Å². The highest BCUT2D eigenvalue weighted by atomic mass is 19.4. The van der Waals surface area contributed by atoms with Crippen molar-refractivity contribution in [1.29, 1.82) is 0 Å². The predicted octanol–water partition coefficient (Wildman–Crippen LogP) is 5.52. The van der Waals surface area contributed by atoms with Crippen molar-refractivity contribution in [3.63, 3.8) is 0 Å². The molecule has 1 aliphatic heterocycles. The molecular weight excluding hydrogens is 530 g/mol. The van der Waals surface area contributed by atoms with E-state index in [0.29, 0.717) is 24.3 Å². The third kappa shape index (κ3) is 6.43. The van der Waals surface area contributed by atoms with E-state index in [1.807, 2.05) is 30.3 Å². The smallest absolute Gasteiger partial charge is 0.416 e. The first-order valence-corrected chi connectivity index (χ1v) is 12.2. The van der Waals surface area contributed by atoms with Crippen LogP contribution < -0.4 is 0 Å². The van der Waals surface area contributed by atoms with Gasteiger partial charge in [-0.15, -0.1) is 0 Å². The zero-order chi connectivity index (χ0) is 28.4. The van der Waals surface area contributed by atoms with Crippen LogP contribution in [-0.2, 0) is 26.6 Å². The monoisotopic (exact) mass is 556 g/mol. The molecule has 0 aromatic heterocycles. The number of esters is 1. The second-order valence-electron chi connectivity index (χ2n) is 9.54. The first-order chi connectivity index (χ1) is 18.3. The number of amides is 1. The van der Waals surface area contributed by atoms with Gasteiger partial charge in [0.2, 0.25) is 0 Å². The lowest BCUT2D eigenvalue weighted by Gasteiger charge is -2.38. The van der Waals surface area contributed by atoms with Crippen LogP contribution in [0.25, 0.3) is 0 Å². The lowest BCUT2D eigenvalue weighted by atomic mass is 9.92. The molecule has 1 heterocycles. The SMILES string of the molecule is COCCOC(=O)CN=C1CCN(C(=O)c2cc(C(F)(F)F)cc(C(F)(F)F)c2)[C@@]2(C1)C[C@@H]2c1ccccc1. The van der Waals surface area contributed by atoms with Crippen LogP contribution in [0, 0.1) is 0 Å². The highest BCUT2D eigenvalue weighted by Crippen LogP contribution is 2.59. The third-order valence-corrected chi connectivity index (χ3v) is 6.98. The van der Waals surface area contributed by atoms with Gasteiger partial charge in [0.15, 0.2) is 0 Å². The van der Waals surface area contributed by atoms with Gasteiger partial charge >= 0.3 is 18.3 Å². The number of aliphatic imine (C=N–C) groups is 1. The van der Waals surface area contributed by atoms with Crippen molar-refractivity contribution in [1.82, 2.24) is 4.90 Å². The maximum Gasteiger partial charge on any atom is 0.416 e. The summed E-state index contributed by atoms with van der Waals surface area (Å²) in [5, 5.41) is 0. The molecule has 210 valence electrons. The lowest BCUT2D eigenvalue weighted by molar-refractivity contribution is -0.144. The summed E-state index contributed by atoms with van der Waals surface area (Å²) in [4.78, 5) is 31.3. The Balaban J connectivity index is 1.64. The Morgan fingerprint density at radius 1 is 1.00 bits per heavy atom. The van der Waals surface area contributed by atoms with Crippen molar-refractivity contribution in [3.8, 4) is 0 Å². The van der Waals surface area contributed by atoms with Gasteiger partial charge in [-0.1, -0.05) is 30.3 Å². The molecule has 4 rings (SSSR count). The van der Waals surface area contributed by atoms with E-state index in [1.54, 1.807) is 0 Å². The fraction of sp³-hybridized carbons (Fsp3) is 0.444. The van der Waals surface area contributed by atoms with E-state index >= 15 is 0 Å². The highest BCUT2D eigenvalue weighted by molar-refractivity contribution is 5.98. The largest absolute Gasteiger partial charge is 0.462 e. The Labute approximate surface area is 220 Å². The second-order valence-corrected chi connectivity index (χ2v) is 9.54. The van der Waals surface area contributed by atoms with Gasteiger partial charge in [-0.05, 0) is 30.2 Å². The number of halogens is 6. The van der Waals surface area contributed by atoms with E-state index in [1.165, 1.54) is 12.0 Å². The number of hydrogen-bond donors (Lipinski definition) is 0. The van der Waals surface area contributed by atoms with Crippen molar-refractivity contribution in [2.24, 2.45) is 4.99 Å². The van der Waals surface area contributed by atoms with Gasteiger partial charge in [0.05, 0.1) is 23.3 Å². The molecular formula is C27H26F6N2O4. The Morgan fingerprint density at radius 2 is 1.64 bits per heavy atom. The van der Waals surface area contributed by atoms with E-state index in [2.05, 4.69) is 4.99 Å². The number of benzene rings is 2. The minimum absolute atomic E-state index is 0.00311. The van der Waals surface area contributed by atoms with Crippen LogP contribution in [0.2, 0.25) is 0 Å². The number of piperidine rings is 1. The van der Waals surface area contributed by atoms with Crippen LogP contribution in [0.4, 0.5) is 26.3 Å². The number of carbonyl (C=O) groups excluding carboxylic acids is 2. The van der Waals surface area contributed by atoms with Crippen LogP contribution in [0.15, 0.2) is 53.5 Å². The molecule has 2 atom stereocenters. The van der Waals surface area contributed by atoms with Gasteiger partial charge in [0.1, 0.15) is 13.2 Å². The zero-order valence-corrected chi connectivity index (χ0v) is 20.9. The fourth-order valence-corrected chi connectivity index (χ4v) is 5.04. The van der Waals surface area contributed by atoms with Crippen molar-refractivity contribution in [2.75, 3.05) is 33.4 Å². The summed E-state index contributed by atoms with van der Waals surface area (Å²) >= 11 is 0. The maximum absolute atomic E-state index is 13.6. The summed E-state index contributed by atoms with van der Waals surface area (Å²) in [5.74, 6) is -1.68. The van der Waals surface area contributed by atoms with Crippen molar-refractivity contribution in [2.45, 2.75) is 43.1 Å². The average molecular weight is 557 g/mol. The normalized spacial score (nSPS) is 22.3. The van der Waals surface area contributed by atoms with Crippen molar-refractivity contribution in [3.05, 3.63) is 70.8 Å². The first kappa shape index (κ1) is 28.6. The molecule has 6 nitrogen and oxygen atoms in total. The molecule has 0 radical (unpaired) electrons. The number of methoxy groups -OCH3 is 1. The summed E-state index contributed by atoms with van der Waals surface area (Å²) in [6.07, 6.45) is -9.25. The quantitative estimate of drug-likeness (QED) is 0.256. The highest BCUT2D eigenvalue weighted by Gasteiger charge is 2.61. The standard InChI is InChI=1S/C27H26F6N2O4/c1-38-9-10-39-23(36)16-34-21-7-8-35(25(14-21)15-22(25)17-5-3-2-4-6-17)24(37)18-11-19(26(28,29)30)13-20(12-18)27(31,32)33/h2-6,11-13,22H,7-10,14-16H2,1H3/t22-,25+/m1/s1. The van der Waals surface area contributed by atoms with Crippen LogP contribution >= 0.6 is 0 Å². The topological polar surface area (TPSA) is 68.2 Å². The van der Waals surface area contributed by atoms with Crippen molar-refractivity contribution >= 4 is 17.6 Å². The molecule has 2 fully saturated rings. The van der Waals surface area contributed by atoms with E-state index < -0.39 is 46.5 Å². The first-order valence-electron chi connectivity index (χ1n) is 12.2. The Kier molecular flexibility index (Phi) is 8.06. The lowest BCUT2D eigenvalue weighted by Crippen LogP contribution is -2.49. The van der Waals surface area contributed by atoms with Crippen LogP contribution in [0.5, 0.6) is 0 Å². The number of ether oxygens (including phenoxy) is 2. The molecule has 0 N–H and O–H groups in total.